The van der Waals surface area contributed by atoms with E-state index in [1.807, 2.05) is 18.2 Å². The van der Waals surface area contributed by atoms with Crippen molar-refractivity contribution in [3.05, 3.63) is 23.8 Å². The molecule has 1 aliphatic rings. The summed E-state index contributed by atoms with van der Waals surface area (Å²) in [6.45, 7) is 2.34. The van der Waals surface area contributed by atoms with Crippen LogP contribution in [0.25, 0.3) is 0 Å². The van der Waals surface area contributed by atoms with Gasteiger partial charge in [-0.1, -0.05) is 6.07 Å². The Morgan fingerprint density at radius 3 is 2.88 bits per heavy atom. The second-order valence-corrected chi connectivity index (χ2v) is 3.69. The number of ether oxygens (including phenoxy) is 2. The van der Waals surface area contributed by atoms with E-state index in [9.17, 15) is 4.79 Å². The van der Waals surface area contributed by atoms with Crippen molar-refractivity contribution in [1.82, 2.24) is 5.32 Å². The molecule has 5 nitrogen and oxygen atoms in total. The molecule has 0 bridgehead atoms. The van der Waals surface area contributed by atoms with Gasteiger partial charge in [-0.25, -0.2) is 0 Å². The molecule has 3 N–H and O–H groups in total. The Labute approximate surface area is 106 Å². The largest absolute Gasteiger partial charge is 0.454 e. The monoisotopic (exact) mass is 258 g/mol. The number of carbonyl (C=O) groups excluding carboxylic acids is 1. The van der Waals surface area contributed by atoms with Gasteiger partial charge in [0, 0.05) is 6.54 Å². The summed E-state index contributed by atoms with van der Waals surface area (Å²) in [6, 6.07) is 5.07. The number of nitrogens with two attached hydrogens (primary N) is 1. The molecular formula is C11H15ClN2O3. The maximum absolute atomic E-state index is 11.3. The highest BCUT2D eigenvalue weighted by Gasteiger charge is 2.13. The molecule has 0 saturated carbocycles. The first-order valence-corrected chi connectivity index (χ1v) is 5.08. The molecule has 0 radical (unpaired) electrons. The highest BCUT2D eigenvalue weighted by molar-refractivity contribution is 5.85. The molecule has 17 heavy (non-hydrogen) atoms. The van der Waals surface area contributed by atoms with Crippen molar-refractivity contribution in [1.29, 1.82) is 0 Å². The number of benzene rings is 1. The Morgan fingerprint density at radius 1 is 1.47 bits per heavy atom. The van der Waals surface area contributed by atoms with Gasteiger partial charge in [-0.3, -0.25) is 4.79 Å². The fourth-order valence-corrected chi connectivity index (χ4v) is 1.40. The second-order valence-electron chi connectivity index (χ2n) is 3.69. The number of nitrogens with one attached hydrogen (secondary N) is 1. The number of amides is 1. The number of fused-ring (bicyclic) bond motifs is 1. The van der Waals surface area contributed by atoms with Gasteiger partial charge >= 0.3 is 0 Å². The lowest BCUT2D eigenvalue weighted by Crippen LogP contribution is -2.37. The third-order valence-electron chi connectivity index (χ3n) is 2.32. The van der Waals surface area contributed by atoms with Crippen LogP contribution in [0.5, 0.6) is 11.5 Å². The van der Waals surface area contributed by atoms with Gasteiger partial charge in [0.15, 0.2) is 11.5 Å². The zero-order chi connectivity index (χ0) is 11.5. The molecule has 0 aromatic heterocycles. The van der Waals surface area contributed by atoms with Crippen LogP contribution < -0.4 is 20.5 Å². The molecule has 94 valence electrons. The van der Waals surface area contributed by atoms with Gasteiger partial charge in [0.25, 0.3) is 0 Å². The molecule has 6 heteroatoms. The van der Waals surface area contributed by atoms with Crippen LogP contribution in [0.15, 0.2) is 18.2 Å². The third kappa shape index (κ3) is 3.25. The number of rotatable bonds is 3. The summed E-state index contributed by atoms with van der Waals surface area (Å²) >= 11 is 0. The van der Waals surface area contributed by atoms with Crippen LogP contribution in [0.1, 0.15) is 12.5 Å². The highest BCUT2D eigenvalue weighted by Crippen LogP contribution is 2.32. The summed E-state index contributed by atoms with van der Waals surface area (Å²) in [4.78, 5) is 11.3. The lowest BCUT2D eigenvalue weighted by Gasteiger charge is -2.08. The SMILES string of the molecule is C[C@H](N)C(=O)NCc1ccc2c(c1)OCO2.Cl. The van der Waals surface area contributed by atoms with Crippen molar-refractivity contribution < 1.29 is 14.3 Å². The lowest BCUT2D eigenvalue weighted by atomic mass is 10.2. The predicted molar refractivity (Wildman–Crippen MR) is 65.3 cm³/mol. The van der Waals surface area contributed by atoms with E-state index in [1.165, 1.54) is 0 Å². The van der Waals surface area contributed by atoms with Crippen LogP contribution in [0, 0.1) is 0 Å². The van der Waals surface area contributed by atoms with E-state index in [2.05, 4.69) is 5.32 Å². The van der Waals surface area contributed by atoms with Crippen LogP contribution >= 0.6 is 12.4 Å². The Hall–Kier alpha value is -1.46. The normalized spacial score (nSPS) is 13.8. The molecule has 0 aliphatic carbocycles. The van der Waals surface area contributed by atoms with E-state index in [4.69, 9.17) is 15.2 Å². The third-order valence-corrected chi connectivity index (χ3v) is 2.32. The highest BCUT2D eigenvalue weighted by atomic mass is 35.5. The second kappa shape index (κ2) is 5.75. The van der Waals surface area contributed by atoms with Crippen molar-refractivity contribution >= 4 is 18.3 Å². The smallest absolute Gasteiger partial charge is 0.236 e. The van der Waals surface area contributed by atoms with E-state index in [-0.39, 0.29) is 25.1 Å². The molecule has 0 saturated heterocycles. The minimum absolute atomic E-state index is 0. The summed E-state index contributed by atoms with van der Waals surface area (Å²) in [5.41, 5.74) is 6.39. The first-order valence-electron chi connectivity index (χ1n) is 5.08. The first kappa shape index (κ1) is 13.6. The van der Waals surface area contributed by atoms with Crippen molar-refractivity contribution in [2.75, 3.05) is 6.79 Å². The molecule has 1 amide bonds. The van der Waals surface area contributed by atoms with Crippen LogP contribution in [0.3, 0.4) is 0 Å². The maximum Gasteiger partial charge on any atom is 0.236 e. The fraction of sp³-hybridized carbons (Fsp3) is 0.364. The van der Waals surface area contributed by atoms with E-state index in [0.717, 1.165) is 11.3 Å². The number of hydrogen-bond acceptors (Lipinski definition) is 4. The maximum atomic E-state index is 11.3. The standard InChI is InChI=1S/C11H14N2O3.ClH/c1-7(12)11(14)13-5-8-2-3-9-10(4-8)16-6-15-9;/h2-4,7H,5-6,12H2,1H3,(H,13,14);1H/t7-;/m0./s1. The molecule has 2 rings (SSSR count). The average Bonchev–Trinajstić information content (AvgIpc) is 2.72. The molecular weight excluding hydrogens is 244 g/mol. The van der Waals surface area contributed by atoms with Crippen LogP contribution in [-0.2, 0) is 11.3 Å². The van der Waals surface area contributed by atoms with Crippen molar-refractivity contribution in [2.45, 2.75) is 19.5 Å². The Morgan fingerprint density at radius 2 is 2.18 bits per heavy atom. The summed E-state index contributed by atoms with van der Waals surface area (Å²) in [6.07, 6.45) is 0. The van der Waals surface area contributed by atoms with Gasteiger partial charge in [-0.05, 0) is 24.6 Å². The first-order chi connectivity index (χ1) is 7.66. The zero-order valence-corrected chi connectivity index (χ0v) is 10.3. The van der Waals surface area contributed by atoms with Crippen LogP contribution in [-0.4, -0.2) is 18.7 Å². The van der Waals surface area contributed by atoms with Gasteiger partial charge < -0.3 is 20.5 Å². The van der Waals surface area contributed by atoms with Crippen molar-refractivity contribution in [2.24, 2.45) is 5.73 Å². The van der Waals surface area contributed by atoms with E-state index < -0.39 is 6.04 Å². The molecule has 1 aliphatic heterocycles. The van der Waals surface area contributed by atoms with Gasteiger partial charge in [0.2, 0.25) is 12.7 Å². The fourth-order valence-electron chi connectivity index (χ4n) is 1.40. The van der Waals surface area contributed by atoms with E-state index >= 15 is 0 Å². The topological polar surface area (TPSA) is 73.6 Å². The molecule has 0 spiro atoms. The van der Waals surface area contributed by atoms with Gasteiger partial charge in [-0.15, -0.1) is 12.4 Å². The Bertz CT molecular complexity index is 410. The van der Waals surface area contributed by atoms with Crippen molar-refractivity contribution in [3.63, 3.8) is 0 Å². The molecule has 1 aromatic carbocycles. The summed E-state index contributed by atoms with van der Waals surface area (Å²) in [5.74, 6) is 1.28. The predicted octanol–water partition coefficient (Wildman–Crippen LogP) is 0.800. The lowest BCUT2D eigenvalue weighted by molar-refractivity contribution is -0.122. The molecule has 0 unspecified atom stereocenters. The minimum atomic E-state index is -0.492. The van der Waals surface area contributed by atoms with Crippen LogP contribution in [0.4, 0.5) is 0 Å². The quantitative estimate of drug-likeness (QED) is 0.841. The number of carbonyl (C=O) groups is 1. The molecule has 1 atom stereocenters. The average molecular weight is 259 g/mol. The van der Waals surface area contributed by atoms with E-state index in [1.54, 1.807) is 6.92 Å². The summed E-state index contributed by atoms with van der Waals surface area (Å²) in [7, 11) is 0. The Balaban J connectivity index is 0.00000144. The summed E-state index contributed by atoms with van der Waals surface area (Å²) in [5, 5.41) is 2.73. The van der Waals surface area contributed by atoms with Crippen molar-refractivity contribution in [3.8, 4) is 11.5 Å². The van der Waals surface area contributed by atoms with Gasteiger partial charge in [0.05, 0.1) is 6.04 Å². The van der Waals surface area contributed by atoms with Gasteiger partial charge in [0.1, 0.15) is 0 Å². The van der Waals surface area contributed by atoms with Gasteiger partial charge in [-0.2, -0.15) is 0 Å². The molecule has 0 fully saturated rings. The number of halogens is 1. The zero-order valence-electron chi connectivity index (χ0n) is 9.43. The Kier molecular flexibility index (Phi) is 4.60. The molecule has 1 heterocycles. The van der Waals surface area contributed by atoms with E-state index in [0.29, 0.717) is 12.3 Å². The van der Waals surface area contributed by atoms with Crippen LogP contribution in [0.2, 0.25) is 0 Å². The minimum Gasteiger partial charge on any atom is -0.454 e. The number of hydrogen-bond donors (Lipinski definition) is 2. The summed E-state index contributed by atoms with van der Waals surface area (Å²) < 4.78 is 10.4. The molecule has 1 aromatic rings.